The molecule has 1 N–H and O–H groups in total. The minimum atomic E-state index is -0.781. The number of benzene rings is 2. The first kappa shape index (κ1) is 26.5. The van der Waals surface area contributed by atoms with E-state index in [-0.39, 0.29) is 11.3 Å². The minimum Gasteiger partial charge on any atom is -0.507 e. The number of amides is 1. The first-order valence-electron chi connectivity index (χ1n) is 12.5. The molecule has 198 valence electrons. The van der Waals surface area contributed by atoms with E-state index in [4.69, 9.17) is 18.9 Å². The minimum absolute atomic E-state index is 0.0430. The topological polar surface area (TPSA) is 97.8 Å². The molecule has 0 spiro atoms. The predicted molar refractivity (Wildman–Crippen MR) is 138 cm³/mol. The molecule has 0 saturated carbocycles. The zero-order valence-electron chi connectivity index (χ0n) is 21.6. The molecule has 0 aromatic heterocycles. The average Bonchev–Trinajstić information content (AvgIpc) is 3.20. The summed E-state index contributed by atoms with van der Waals surface area (Å²) in [5.74, 6) is 0.0771. The third kappa shape index (κ3) is 5.73. The fraction of sp³-hybridized carbons (Fsp3) is 0.429. The smallest absolute Gasteiger partial charge is 0.295 e. The maximum atomic E-state index is 13.3. The van der Waals surface area contributed by atoms with Gasteiger partial charge in [0, 0.05) is 31.7 Å². The Morgan fingerprint density at radius 1 is 1.00 bits per heavy atom. The Hall–Kier alpha value is -3.56. The summed E-state index contributed by atoms with van der Waals surface area (Å²) in [6.07, 6.45) is 0.876. The van der Waals surface area contributed by atoms with E-state index >= 15 is 0 Å². The fourth-order valence-corrected chi connectivity index (χ4v) is 4.64. The number of likely N-dealkylation sites (tertiary alicyclic amines) is 1. The summed E-state index contributed by atoms with van der Waals surface area (Å²) in [7, 11) is 3.07. The number of carbonyl (C=O) groups excluding carboxylic acids is 2. The van der Waals surface area contributed by atoms with Crippen LogP contribution in [0.5, 0.6) is 17.2 Å². The lowest BCUT2D eigenvalue weighted by Crippen LogP contribution is -2.42. The van der Waals surface area contributed by atoms with Gasteiger partial charge in [0.1, 0.15) is 11.5 Å². The molecule has 2 saturated heterocycles. The van der Waals surface area contributed by atoms with E-state index in [2.05, 4.69) is 4.90 Å². The Kier molecular flexibility index (Phi) is 8.68. The van der Waals surface area contributed by atoms with Crippen LogP contribution in [0, 0.1) is 0 Å². The van der Waals surface area contributed by atoms with Crippen LogP contribution in [0.1, 0.15) is 30.5 Å². The molecule has 2 fully saturated rings. The highest BCUT2D eigenvalue weighted by atomic mass is 16.5. The van der Waals surface area contributed by atoms with Crippen LogP contribution in [0.15, 0.2) is 48.0 Å². The van der Waals surface area contributed by atoms with Crippen LogP contribution in [0.3, 0.4) is 0 Å². The number of aliphatic hydroxyl groups is 1. The lowest BCUT2D eigenvalue weighted by atomic mass is 9.95. The maximum absolute atomic E-state index is 13.3. The van der Waals surface area contributed by atoms with E-state index in [0.717, 1.165) is 19.5 Å². The number of ketones is 1. The summed E-state index contributed by atoms with van der Waals surface area (Å²) in [6.45, 7) is 6.31. The third-order valence-corrected chi connectivity index (χ3v) is 6.62. The van der Waals surface area contributed by atoms with E-state index in [0.29, 0.717) is 61.3 Å². The number of ether oxygens (including phenoxy) is 4. The van der Waals surface area contributed by atoms with E-state index in [1.165, 1.54) is 12.0 Å². The monoisotopic (exact) mass is 510 g/mol. The molecule has 0 radical (unpaired) electrons. The second-order valence-electron chi connectivity index (χ2n) is 8.93. The van der Waals surface area contributed by atoms with Gasteiger partial charge in [-0.15, -0.1) is 0 Å². The zero-order chi connectivity index (χ0) is 26.4. The molecular formula is C28H34N2O7. The molecular weight excluding hydrogens is 476 g/mol. The number of morpholine rings is 1. The SMILES string of the molecule is CCCOc1ccc(/C(O)=C2/C(=O)C(=O)N(CCN3CCOCC3)C2c2ccc(OC)c(OC)c2)cc1. The molecule has 1 unspecified atom stereocenters. The number of aliphatic hydroxyl groups excluding tert-OH is 1. The Bertz CT molecular complexity index is 1140. The lowest BCUT2D eigenvalue weighted by Gasteiger charge is -2.31. The molecule has 2 heterocycles. The largest absolute Gasteiger partial charge is 0.507 e. The van der Waals surface area contributed by atoms with Gasteiger partial charge >= 0.3 is 0 Å². The normalized spacial score (nSPS) is 19.8. The van der Waals surface area contributed by atoms with Crippen LogP contribution in [-0.2, 0) is 14.3 Å². The van der Waals surface area contributed by atoms with Crippen molar-refractivity contribution >= 4 is 17.4 Å². The predicted octanol–water partition coefficient (Wildman–Crippen LogP) is 3.25. The summed E-state index contributed by atoms with van der Waals surface area (Å²) in [5, 5.41) is 11.3. The molecule has 9 nitrogen and oxygen atoms in total. The number of nitrogens with zero attached hydrogens (tertiary/aromatic N) is 2. The van der Waals surface area contributed by atoms with Gasteiger partial charge in [-0.05, 0) is 48.4 Å². The number of carbonyl (C=O) groups is 2. The van der Waals surface area contributed by atoms with Gasteiger partial charge in [0.2, 0.25) is 0 Å². The van der Waals surface area contributed by atoms with E-state index in [9.17, 15) is 14.7 Å². The molecule has 0 aliphatic carbocycles. The number of methoxy groups -OCH3 is 2. The van der Waals surface area contributed by atoms with Crippen LogP contribution >= 0.6 is 0 Å². The Labute approximate surface area is 217 Å². The molecule has 2 aromatic rings. The van der Waals surface area contributed by atoms with Crippen molar-refractivity contribution in [2.75, 3.05) is 60.2 Å². The number of Topliss-reactive ketones (excluding diaryl/α,β-unsaturated/α-hetero) is 1. The molecule has 1 amide bonds. The van der Waals surface area contributed by atoms with Gasteiger partial charge in [-0.1, -0.05) is 13.0 Å². The van der Waals surface area contributed by atoms with Gasteiger partial charge in [-0.2, -0.15) is 0 Å². The van der Waals surface area contributed by atoms with E-state index in [1.807, 2.05) is 6.92 Å². The highest BCUT2D eigenvalue weighted by molar-refractivity contribution is 6.46. The van der Waals surface area contributed by atoms with Crippen molar-refractivity contribution in [3.8, 4) is 17.2 Å². The van der Waals surface area contributed by atoms with Gasteiger partial charge in [-0.3, -0.25) is 14.5 Å². The van der Waals surface area contributed by atoms with E-state index < -0.39 is 17.7 Å². The van der Waals surface area contributed by atoms with Crippen molar-refractivity contribution in [3.05, 3.63) is 59.2 Å². The number of hydrogen-bond donors (Lipinski definition) is 1. The second-order valence-corrected chi connectivity index (χ2v) is 8.93. The average molecular weight is 511 g/mol. The molecule has 2 aliphatic heterocycles. The summed E-state index contributed by atoms with van der Waals surface area (Å²) in [6, 6.07) is 11.3. The van der Waals surface area contributed by atoms with Crippen molar-refractivity contribution in [3.63, 3.8) is 0 Å². The summed E-state index contributed by atoms with van der Waals surface area (Å²) < 4.78 is 21.9. The van der Waals surface area contributed by atoms with E-state index in [1.54, 1.807) is 49.6 Å². The van der Waals surface area contributed by atoms with Crippen molar-refractivity contribution in [1.29, 1.82) is 0 Å². The highest BCUT2D eigenvalue weighted by Crippen LogP contribution is 2.42. The molecule has 2 aromatic carbocycles. The van der Waals surface area contributed by atoms with Crippen LogP contribution in [0.4, 0.5) is 0 Å². The summed E-state index contributed by atoms with van der Waals surface area (Å²) in [5.41, 5.74) is 1.12. The van der Waals surface area contributed by atoms with Gasteiger partial charge in [-0.25, -0.2) is 0 Å². The van der Waals surface area contributed by atoms with Crippen molar-refractivity contribution in [2.45, 2.75) is 19.4 Å². The second kappa shape index (κ2) is 12.1. The highest BCUT2D eigenvalue weighted by Gasteiger charge is 2.46. The van der Waals surface area contributed by atoms with Gasteiger partial charge < -0.3 is 29.0 Å². The standard InChI is InChI=1S/C28H34N2O7/c1-4-15-37-21-8-5-19(6-9-21)26(31)24-25(20-7-10-22(34-2)23(18-20)35-3)30(28(33)27(24)32)12-11-29-13-16-36-17-14-29/h5-10,18,25,31H,4,11-17H2,1-3H3/b26-24-. The molecule has 37 heavy (non-hydrogen) atoms. The van der Waals surface area contributed by atoms with Gasteiger partial charge in [0.05, 0.1) is 45.7 Å². The molecule has 2 aliphatic rings. The van der Waals surface area contributed by atoms with Crippen LogP contribution in [0.25, 0.3) is 5.76 Å². The number of hydrogen-bond acceptors (Lipinski definition) is 8. The van der Waals surface area contributed by atoms with Gasteiger partial charge in [0.25, 0.3) is 11.7 Å². The Morgan fingerprint density at radius 3 is 2.35 bits per heavy atom. The molecule has 9 heteroatoms. The van der Waals surface area contributed by atoms with Crippen LogP contribution in [-0.4, -0.2) is 86.8 Å². The summed E-state index contributed by atoms with van der Waals surface area (Å²) >= 11 is 0. The maximum Gasteiger partial charge on any atom is 0.295 e. The number of rotatable bonds is 10. The Morgan fingerprint density at radius 2 is 1.70 bits per heavy atom. The molecule has 1 atom stereocenters. The quantitative estimate of drug-likeness (QED) is 0.296. The van der Waals surface area contributed by atoms with Crippen LogP contribution in [0.2, 0.25) is 0 Å². The Balaban J connectivity index is 1.73. The van der Waals surface area contributed by atoms with Crippen molar-refractivity contribution < 1.29 is 33.6 Å². The molecule has 0 bridgehead atoms. The lowest BCUT2D eigenvalue weighted by molar-refractivity contribution is -0.140. The zero-order valence-corrected chi connectivity index (χ0v) is 21.6. The first-order valence-corrected chi connectivity index (χ1v) is 12.5. The van der Waals surface area contributed by atoms with Crippen molar-refractivity contribution in [1.82, 2.24) is 9.80 Å². The molecule has 4 rings (SSSR count). The van der Waals surface area contributed by atoms with Crippen molar-refractivity contribution in [2.24, 2.45) is 0 Å². The van der Waals surface area contributed by atoms with Gasteiger partial charge in [0.15, 0.2) is 11.5 Å². The first-order chi connectivity index (χ1) is 18.0. The fourth-order valence-electron chi connectivity index (χ4n) is 4.64. The summed E-state index contributed by atoms with van der Waals surface area (Å²) in [4.78, 5) is 30.3. The third-order valence-electron chi connectivity index (χ3n) is 6.62. The van der Waals surface area contributed by atoms with Crippen LogP contribution < -0.4 is 14.2 Å².